The van der Waals surface area contributed by atoms with Crippen LogP contribution < -0.4 is 0 Å². The second-order valence-electron chi connectivity index (χ2n) is 7.61. The minimum Gasteiger partial charge on any atom is -0.704 e. The van der Waals surface area contributed by atoms with Crippen molar-refractivity contribution < 1.29 is 4.87 Å². The molecule has 0 amide bonds. The molecule has 0 aliphatic heterocycles. The first kappa shape index (κ1) is 20.1. The molecule has 2 rings (SSSR count). The van der Waals surface area contributed by atoms with E-state index in [-0.39, 0.29) is 23.9 Å². The number of nitrogens with zero attached hydrogens (tertiary/aromatic N) is 2. The SMILES string of the molecule is CC(C)C(Cc1ccccc1)N([O-])[N+](=O)C(Cc1ccccc1)C(C)C. The van der Waals surface area contributed by atoms with E-state index in [2.05, 4.69) is 0 Å². The van der Waals surface area contributed by atoms with Crippen LogP contribution in [0.1, 0.15) is 38.8 Å². The Bertz CT molecular complexity index is 671. The van der Waals surface area contributed by atoms with E-state index in [1.165, 1.54) is 0 Å². The summed E-state index contributed by atoms with van der Waals surface area (Å²) in [5, 5.41) is 13.6. The topological polar surface area (TPSA) is 46.4 Å². The maximum atomic E-state index is 13.0. The quantitative estimate of drug-likeness (QED) is 0.469. The minimum absolute atomic E-state index is 0.0775. The highest BCUT2D eigenvalue weighted by Crippen LogP contribution is 2.21. The lowest BCUT2D eigenvalue weighted by atomic mass is 9.95. The van der Waals surface area contributed by atoms with Crippen molar-refractivity contribution in [2.24, 2.45) is 11.8 Å². The molecule has 0 bridgehead atoms. The van der Waals surface area contributed by atoms with Crippen LogP contribution >= 0.6 is 0 Å². The molecule has 4 heteroatoms. The standard InChI is InChI=1S/C22H30N2O2/c1-17(2)21(15-19-11-7-5-8-12-19)23(25)24(26)22(18(3)4)16-20-13-9-6-10-14-20/h5-14,17-18,21-22H,15-16H2,1-4H3. The minimum atomic E-state index is -0.382. The summed E-state index contributed by atoms with van der Waals surface area (Å²) in [5.41, 5.74) is 2.15. The predicted molar refractivity (Wildman–Crippen MR) is 106 cm³/mol. The molecule has 2 unspecified atom stereocenters. The Morgan fingerprint density at radius 1 is 0.808 bits per heavy atom. The summed E-state index contributed by atoms with van der Waals surface area (Å²) in [5.74, 6) is 0.155. The number of benzene rings is 2. The Balaban J connectivity index is 2.16. The summed E-state index contributed by atoms with van der Waals surface area (Å²) < 4.78 is 0. The van der Waals surface area contributed by atoms with E-state index in [4.69, 9.17) is 0 Å². The van der Waals surface area contributed by atoms with Crippen molar-refractivity contribution in [1.82, 2.24) is 5.17 Å². The largest absolute Gasteiger partial charge is 0.704 e. The third kappa shape index (κ3) is 5.40. The van der Waals surface area contributed by atoms with Crippen molar-refractivity contribution in [3.63, 3.8) is 0 Å². The lowest BCUT2D eigenvalue weighted by molar-refractivity contribution is -0.735. The van der Waals surface area contributed by atoms with Crippen molar-refractivity contribution >= 4 is 0 Å². The molecule has 2 atom stereocenters. The zero-order valence-electron chi connectivity index (χ0n) is 16.2. The first-order valence-corrected chi connectivity index (χ1v) is 9.40. The van der Waals surface area contributed by atoms with Crippen LogP contribution in [0.4, 0.5) is 0 Å². The average molecular weight is 354 g/mol. The third-order valence-electron chi connectivity index (χ3n) is 4.88. The number of hydroxylamine groups is 1. The van der Waals surface area contributed by atoms with Crippen molar-refractivity contribution in [3.8, 4) is 0 Å². The lowest BCUT2D eigenvalue weighted by Gasteiger charge is -2.34. The molecular weight excluding hydrogens is 324 g/mol. The first-order valence-electron chi connectivity index (χ1n) is 9.40. The molecule has 0 aliphatic rings. The van der Waals surface area contributed by atoms with Gasteiger partial charge in [-0.3, -0.25) is 0 Å². The average Bonchev–Trinajstić information content (AvgIpc) is 2.64. The van der Waals surface area contributed by atoms with Gasteiger partial charge in [0.15, 0.2) is 0 Å². The molecule has 140 valence electrons. The number of hydrazine groups is 1. The van der Waals surface area contributed by atoms with Crippen LogP contribution in [-0.4, -0.2) is 22.1 Å². The summed E-state index contributed by atoms with van der Waals surface area (Å²) in [4.78, 5) is 13.6. The molecule has 0 saturated carbocycles. The number of nitroso groups, excluding NO2 is 1. The Hall–Kier alpha value is -2.20. The monoisotopic (exact) mass is 354 g/mol. The Morgan fingerprint density at radius 2 is 1.27 bits per heavy atom. The van der Waals surface area contributed by atoms with Gasteiger partial charge in [-0.15, -0.1) is 0 Å². The van der Waals surface area contributed by atoms with Crippen LogP contribution in [0.25, 0.3) is 0 Å². The predicted octanol–water partition coefficient (Wildman–Crippen LogP) is 5.01. The molecule has 26 heavy (non-hydrogen) atoms. The molecule has 0 spiro atoms. The zero-order valence-corrected chi connectivity index (χ0v) is 16.2. The van der Waals surface area contributed by atoms with Gasteiger partial charge in [-0.05, 0) is 23.5 Å². The fraction of sp³-hybridized carbons (Fsp3) is 0.455. The van der Waals surface area contributed by atoms with Crippen molar-refractivity contribution in [2.45, 2.75) is 52.6 Å². The summed E-state index contributed by atoms with van der Waals surface area (Å²) in [6, 6.07) is 19.0. The summed E-state index contributed by atoms with van der Waals surface area (Å²) >= 11 is 0. The van der Waals surface area contributed by atoms with E-state index in [1.54, 1.807) is 0 Å². The molecule has 0 aliphatic carbocycles. The number of rotatable bonds is 9. The zero-order chi connectivity index (χ0) is 19.1. The van der Waals surface area contributed by atoms with Crippen LogP contribution in [0.5, 0.6) is 0 Å². The van der Waals surface area contributed by atoms with Crippen molar-refractivity contribution in [1.29, 1.82) is 0 Å². The molecule has 0 radical (unpaired) electrons. The van der Waals surface area contributed by atoms with Crippen molar-refractivity contribution in [2.75, 3.05) is 0 Å². The molecule has 0 aromatic heterocycles. The highest BCUT2D eigenvalue weighted by Gasteiger charge is 2.35. The van der Waals surface area contributed by atoms with Gasteiger partial charge in [0.25, 0.3) is 0 Å². The van der Waals surface area contributed by atoms with Gasteiger partial charge in [0.05, 0.1) is 10.9 Å². The Labute approximate surface area is 157 Å². The van der Waals surface area contributed by atoms with Crippen LogP contribution in [0.15, 0.2) is 60.7 Å². The number of hydrogen-bond donors (Lipinski definition) is 0. The van der Waals surface area contributed by atoms with E-state index in [1.807, 2.05) is 88.4 Å². The summed E-state index contributed by atoms with van der Waals surface area (Å²) in [6.45, 7) is 7.98. The first-order chi connectivity index (χ1) is 12.4. The normalized spacial score (nSPS) is 13.7. The van der Waals surface area contributed by atoms with E-state index < -0.39 is 0 Å². The van der Waals surface area contributed by atoms with Crippen LogP contribution in [-0.2, 0) is 12.8 Å². The second-order valence-corrected chi connectivity index (χ2v) is 7.61. The molecule has 0 N–H and O–H groups in total. The summed E-state index contributed by atoms with van der Waals surface area (Å²) in [6.07, 6.45) is 1.13. The van der Waals surface area contributed by atoms with Crippen molar-refractivity contribution in [3.05, 3.63) is 81.9 Å². The maximum absolute atomic E-state index is 13.0. The molecular formula is C22H30N2O2. The van der Waals surface area contributed by atoms with E-state index in [0.29, 0.717) is 22.9 Å². The Kier molecular flexibility index (Phi) is 7.34. The molecule has 4 nitrogen and oxygen atoms in total. The highest BCUT2D eigenvalue weighted by molar-refractivity contribution is 5.16. The number of hydrogen-bond acceptors (Lipinski definition) is 2. The van der Waals surface area contributed by atoms with Gasteiger partial charge in [-0.1, -0.05) is 88.4 Å². The molecule has 0 heterocycles. The van der Waals surface area contributed by atoms with Gasteiger partial charge < -0.3 is 5.21 Å². The van der Waals surface area contributed by atoms with Gasteiger partial charge in [0, 0.05) is 12.3 Å². The van der Waals surface area contributed by atoms with Crippen LogP contribution in [0.3, 0.4) is 0 Å². The Morgan fingerprint density at radius 3 is 1.69 bits per heavy atom. The molecule has 0 saturated heterocycles. The van der Waals surface area contributed by atoms with Gasteiger partial charge in [-0.25, -0.2) is 0 Å². The van der Waals surface area contributed by atoms with E-state index in [0.717, 1.165) is 11.1 Å². The second kappa shape index (κ2) is 9.48. The van der Waals surface area contributed by atoms with Crippen LogP contribution in [0, 0.1) is 22.0 Å². The van der Waals surface area contributed by atoms with E-state index in [9.17, 15) is 10.1 Å². The van der Waals surface area contributed by atoms with Gasteiger partial charge in [-0.2, -0.15) is 5.17 Å². The lowest BCUT2D eigenvalue weighted by Crippen LogP contribution is -2.48. The van der Waals surface area contributed by atoms with Gasteiger partial charge in [0.1, 0.15) is 4.87 Å². The molecule has 2 aromatic rings. The third-order valence-corrected chi connectivity index (χ3v) is 4.88. The van der Waals surface area contributed by atoms with Crippen LogP contribution in [0.2, 0.25) is 0 Å². The smallest absolute Gasteiger partial charge is 0.239 e. The maximum Gasteiger partial charge on any atom is 0.239 e. The molecule has 2 aromatic carbocycles. The molecule has 0 fully saturated rings. The van der Waals surface area contributed by atoms with Gasteiger partial charge in [0.2, 0.25) is 6.04 Å². The van der Waals surface area contributed by atoms with Gasteiger partial charge >= 0.3 is 0 Å². The van der Waals surface area contributed by atoms with E-state index >= 15 is 0 Å². The highest BCUT2D eigenvalue weighted by atomic mass is 16.6. The summed E-state index contributed by atoms with van der Waals surface area (Å²) in [7, 11) is 0. The fourth-order valence-corrected chi connectivity index (χ4v) is 3.14. The fourth-order valence-electron chi connectivity index (χ4n) is 3.14.